The van der Waals surface area contributed by atoms with E-state index >= 15 is 0 Å². The van der Waals surface area contributed by atoms with Crippen molar-refractivity contribution in [2.24, 2.45) is 0 Å². The number of carbonyl (C=O) groups excluding carboxylic acids is 1. The number of aromatic nitrogens is 2. The molecule has 0 spiro atoms. The molecule has 1 fully saturated rings. The average molecular weight is 346 g/mol. The Balaban J connectivity index is 1.60. The zero-order chi connectivity index (χ0) is 17.2. The standard InChI is InChI=1S/C16H18N4O3S/c1-11-2-4-12(5-3-11)16(21)18-15-7-6-14(19-20-15)17-13-8-9-24(22,23)10-13/h2-7,13H,8-10H2,1H3,(H,17,19)(H,18,20,21). The number of hydrogen-bond donors (Lipinski definition) is 2. The van der Waals surface area contributed by atoms with Gasteiger partial charge in [-0.25, -0.2) is 8.42 Å². The Morgan fingerprint density at radius 3 is 2.33 bits per heavy atom. The summed E-state index contributed by atoms with van der Waals surface area (Å²) in [4.78, 5) is 12.1. The van der Waals surface area contributed by atoms with Gasteiger partial charge in [-0.1, -0.05) is 17.7 Å². The van der Waals surface area contributed by atoms with Crippen molar-refractivity contribution >= 4 is 27.4 Å². The molecule has 8 heteroatoms. The minimum Gasteiger partial charge on any atom is -0.365 e. The lowest BCUT2D eigenvalue weighted by molar-refractivity contribution is 0.102. The first-order valence-electron chi connectivity index (χ1n) is 7.60. The third-order valence-corrected chi connectivity index (χ3v) is 5.57. The van der Waals surface area contributed by atoms with Gasteiger partial charge in [0.2, 0.25) is 0 Å². The largest absolute Gasteiger partial charge is 0.365 e. The van der Waals surface area contributed by atoms with Gasteiger partial charge in [-0.05, 0) is 37.6 Å². The molecular formula is C16H18N4O3S. The Labute approximate surface area is 140 Å². The van der Waals surface area contributed by atoms with Crippen LogP contribution in [-0.4, -0.2) is 42.1 Å². The van der Waals surface area contributed by atoms with Gasteiger partial charge in [0, 0.05) is 11.6 Å². The summed E-state index contributed by atoms with van der Waals surface area (Å²) in [5, 5.41) is 13.7. The number of hydrogen-bond acceptors (Lipinski definition) is 6. The number of benzene rings is 1. The fourth-order valence-corrected chi connectivity index (χ4v) is 4.16. The summed E-state index contributed by atoms with van der Waals surface area (Å²) in [6.07, 6.45) is 0.565. The molecule has 0 aliphatic carbocycles. The van der Waals surface area contributed by atoms with Crippen molar-refractivity contribution in [3.05, 3.63) is 47.5 Å². The van der Waals surface area contributed by atoms with Crippen molar-refractivity contribution in [3.63, 3.8) is 0 Å². The lowest BCUT2D eigenvalue weighted by atomic mass is 10.1. The van der Waals surface area contributed by atoms with Crippen LogP contribution in [0.15, 0.2) is 36.4 Å². The maximum absolute atomic E-state index is 12.1. The molecule has 2 aromatic rings. The van der Waals surface area contributed by atoms with Crippen molar-refractivity contribution in [2.75, 3.05) is 22.1 Å². The van der Waals surface area contributed by atoms with E-state index in [0.717, 1.165) is 5.56 Å². The van der Waals surface area contributed by atoms with E-state index in [1.54, 1.807) is 24.3 Å². The van der Waals surface area contributed by atoms with Crippen molar-refractivity contribution in [3.8, 4) is 0 Å². The molecule has 1 unspecified atom stereocenters. The molecule has 1 aliphatic rings. The van der Waals surface area contributed by atoms with Gasteiger partial charge < -0.3 is 10.6 Å². The summed E-state index contributed by atoms with van der Waals surface area (Å²) in [6, 6.07) is 10.4. The Morgan fingerprint density at radius 1 is 1.08 bits per heavy atom. The van der Waals surface area contributed by atoms with Crippen molar-refractivity contribution in [2.45, 2.75) is 19.4 Å². The van der Waals surface area contributed by atoms with Gasteiger partial charge in [0.05, 0.1) is 11.5 Å². The summed E-state index contributed by atoms with van der Waals surface area (Å²) in [6.45, 7) is 1.95. The molecule has 3 rings (SSSR count). The number of nitrogens with zero attached hydrogens (tertiary/aromatic N) is 2. The minimum atomic E-state index is -2.94. The van der Waals surface area contributed by atoms with E-state index in [2.05, 4.69) is 20.8 Å². The Kier molecular flexibility index (Phi) is 4.48. The van der Waals surface area contributed by atoms with E-state index in [1.165, 1.54) is 0 Å². The maximum Gasteiger partial charge on any atom is 0.256 e. The Morgan fingerprint density at radius 2 is 1.75 bits per heavy atom. The third kappa shape index (κ3) is 4.08. The number of carbonyl (C=O) groups is 1. The summed E-state index contributed by atoms with van der Waals surface area (Å²) < 4.78 is 22.9. The lowest BCUT2D eigenvalue weighted by Crippen LogP contribution is -2.21. The van der Waals surface area contributed by atoms with Crippen LogP contribution in [0.1, 0.15) is 22.3 Å². The van der Waals surface area contributed by atoms with E-state index in [0.29, 0.717) is 23.6 Å². The predicted octanol–water partition coefficient (Wildman–Crippen LogP) is 1.64. The van der Waals surface area contributed by atoms with Crippen molar-refractivity contribution in [1.29, 1.82) is 0 Å². The predicted molar refractivity (Wildman–Crippen MR) is 91.8 cm³/mol. The van der Waals surface area contributed by atoms with Gasteiger partial charge in [0.25, 0.3) is 5.91 Å². The Bertz CT molecular complexity index is 833. The highest BCUT2D eigenvalue weighted by molar-refractivity contribution is 7.91. The molecule has 2 N–H and O–H groups in total. The second-order valence-electron chi connectivity index (χ2n) is 5.87. The van der Waals surface area contributed by atoms with Gasteiger partial charge in [-0.2, -0.15) is 0 Å². The molecule has 1 atom stereocenters. The van der Waals surface area contributed by atoms with Gasteiger partial charge in [0.15, 0.2) is 15.7 Å². The molecule has 7 nitrogen and oxygen atoms in total. The molecule has 126 valence electrons. The van der Waals surface area contributed by atoms with Crippen LogP contribution in [0.5, 0.6) is 0 Å². The zero-order valence-corrected chi connectivity index (χ0v) is 14.0. The summed E-state index contributed by atoms with van der Waals surface area (Å²) in [5.41, 5.74) is 1.62. The molecule has 1 amide bonds. The highest BCUT2D eigenvalue weighted by Crippen LogP contribution is 2.16. The molecule has 0 saturated carbocycles. The molecule has 0 bridgehead atoms. The van der Waals surface area contributed by atoms with Gasteiger partial charge in [-0.3, -0.25) is 4.79 Å². The van der Waals surface area contributed by atoms with E-state index < -0.39 is 9.84 Å². The SMILES string of the molecule is Cc1ccc(C(=O)Nc2ccc(NC3CCS(=O)(=O)C3)nn2)cc1. The molecular weight excluding hydrogens is 328 g/mol. The first-order valence-corrected chi connectivity index (χ1v) is 9.42. The normalized spacial score (nSPS) is 19.0. The van der Waals surface area contributed by atoms with E-state index in [4.69, 9.17) is 0 Å². The minimum absolute atomic E-state index is 0.112. The number of rotatable bonds is 4. The van der Waals surface area contributed by atoms with Crippen LogP contribution < -0.4 is 10.6 Å². The van der Waals surface area contributed by atoms with E-state index in [9.17, 15) is 13.2 Å². The molecule has 1 aromatic carbocycles. The molecule has 2 heterocycles. The number of anilines is 2. The fourth-order valence-electron chi connectivity index (χ4n) is 2.49. The molecule has 0 radical (unpaired) electrons. The van der Waals surface area contributed by atoms with Crippen LogP contribution in [0.2, 0.25) is 0 Å². The third-order valence-electron chi connectivity index (χ3n) is 3.80. The highest BCUT2D eigenvalue weighted by Gasteiger charge is 2.27. The number of aryl methyl sites for hydroxylation is 1. The summed E-state index contributed by atoms with van der Waals surface area (Å²) in [5.74, 6) is 0.881. The van der Waals surface area contributed by atoms with Gasteiger partial charge in [-0.15, -0.1) is 10.2 Å². The van der Waals surface area contributed by atoms with E-state index in [1.807, 2.05) is 19.1 Å². The van der Waals surface area contributed by atoms with Crippen LogP contribution in [0, 0.1) is 6.92 Å². The average Bonchev–Trinajstić information content (AvgIpc) is 2.88. The van der Waals surface area contributed by atoms with E-state index in [-0.39, 0.29) is 23.5 Å². The topological polar surface area (TPSA) is 101 Å². The van der Waals surface area contributed by atoms with Crippen LogP contribution in [0.3, 0.4) is 0 Å². The monoisotopic (exact) mass is 346 g/mol. The van der Waals surface area contributed by atoms with Crippen molar-refractivity contribution in [1.82, 2.24) is 10.2 Å². The molecule has 1 saturated heterocycles. The molecule has 1 aromatic heterocycles. The quantitative estimate of drug-likeness (QED) is 0.873. The Hall–Kier alpha value is -2.48. The maximum atomic E-state index is 12.1. The van der Waals surface area contributed by atoms with Crippen LogP contribution in [0.4, 0.5) is 11.6 Å². The number of nitrogens with one attached hydrogen (secondary N) is 2. The van der Waals surface area contributed by atoms with Gasteiger partial charge >= 0.3 is 0 Å². The van der Waals surface area contributed by atoms with Crippen LogP contribution in [-0.2, 0) is 9.84 Å². The fraction of sp³-hybridized carbons (Fsp3) is 0.312. The molecule has 24 heavy (non-hydrogen) atoms. The summed E-state index contributed by atoms with van der Waals surface area (Å²) >= 11 is 0. The second-order valence-corrected chi connectivity index (χ2v) is 8.10. The number of amides is 1. The highest BCUT2D eigenvalue weighted by atomic mass is 32.2. The van der Waals surface area contributed by atoms with Crippen LogP contribution >= 0.6 is 0 Å². The first kappa shape index (κ1) is 16.4. The first-order chi connectivity index (χ1) is 11.4. The summed E-state index contributed by atoms with van der Waals surface area (Å²) in [7, 11) is -2.94. The van der Waals surface area contributed by atoms with Crippen molar-refractivity contribution < 1.29 is 13.2 Å². The van der Waals surface area contributed by atoms with Gasteiger partial charge in [0.1, 0.15) is 5.82 Å². The second kappa shape index (κ2) is 6.56. The smallest absolute Gasteiger partial charge is 0.256 e. The lowest BCUT2D eigenvalue weighted by Gasteiger charge is -2.11. The van der Waals surface area contributed by atoms with Crippen LogP contribution in [0.25, 0.3) is 0 Å². The zero-order valence-electron chi connectivity index (χ0n) is 13.2. The number of sulfone groups is 1. The molecule has 1 aliphatic heterocycles.